The van der Waals surface area contributed by atoms with Crippen LogP contribution in [0.25, 0.3) is 5.76 Å². The lowest BCUT2D eigenvalue weighted by molar-refractivity contribution is 0.513. The van der Waals surface area contributed by atoms with E-state index < -0.39 is 0 Å². The number of nitrogens with zero attached hydrogens (tertiary/aromatic N) is 1. The molecule has 0 atom stereocenters. The van der Waals surface area contributed by atoms with Gasteiger partial charge in [0, 0.05) is 11.8 Å². The van der Waals surface area contributed by atoms with E-state index in [-0.39, 0.29) is 5.76 Å². The smallest absolute Gasteiger partial charge is 0.117 e. The average molecular weight is 159 g/mol. The van der Waals surface area contributed by atoms with Gasteiger partial charge in [-0.3, -0.25) is 0 Å². The fraction of sp³-hybridized carbons (Fsp3) is 0.100. The van der Waals surface area contributed by atoms with E-state index in [4.69, 9.17) is 11.5 Å². The number of aryl methyl sites for hydroxylation is 1. The monoisotopic (exact) mass is 159 g/mol. The summed E-state index contributed by atoms with van der Waals surface area (Å²) < 4.78 is 0. The molecular formula is C10H9NO. The Hall–Kier alpha value is -1.75. The zero-order valence-corrected chi connectivity index (χ0v) is 6.83. The topological polar surface area (TPSA) is 33.1 Å². The third-order valence-corrected chi connectivity index (χ3v) is 1.57. The van der Waals surface area contributed by atoms with Crippen molar-refractivity contribution in [2.24, 2.45) is 0 Å². The summed E-state index contributed by atoms with van der Waals surface area (Å²) in [5.74, 6) is 2.43. The molecule has 1 aromatic heterocycles. The number of hydrogen-bond donors (Lipinski definition) is 1. The van der Waals surface area contributed by atoms with Crippen molar-refractivity contribution in [3.05, 3.63) is 35.7 Å². The Kier molecular flexibility index (Phi) is 2.16. The van der Waals surface area contributed by atoms with E-state index in [9.17, 15) is 0 Å². The highest BCUT2D eigenvalue weighted by Gasteiger charge is 2.01. The predicted octanol–water partition coefficient (Wildman–Crippen LogP) is 1.90. The number of aliphatic hydroxyl groups is 1. The Morgan fingerprint density at radius 1 is 1.75 bits per heavy atom. The minimum Gasteiger partial charge on any atom is -0.508 e. The average Bonchev–Trinajstić information content (AvgIpc) is 2.03. The van der Waals surface area contributed by atoms with E-state index in [0.717, 1.165) is 5.56 Å². The van der Waals surface area contributed by atoms with Gasteiger partial charge in [-0.1, -0.05) is 12.5 Å². The first kappa shape index (κ1) is 8.35. The van der Waals surface area contributed by atoms with Crippen molar-refractivity contribution in [1.29, 1.82) is 0 Å². The molecule has 2 heteroatoms. The lowest BCUT2D eigenvalue weighted by Crippen LogP contribution is -1.91. The molecule has 0 aliphatic carbocycles. The lowest BCUT2D eigenvalue weighted by Gasteiger charge is -2.02. The van der Waals surface area contributed by atoms with Crippen molar-refractivity contribution in [2.75, 3.05) is 0 Å². The first-order valence-electron chi connectivity index (χ1n) is 3.46. The van der Waals surface area contributed by atoms with Crippen LogP contribution in [0.5, 0.6) is 0 Å². The van der Waals surface area contributed by atoms with E-state index in [2.05, 4.69) is 17.5 Å². The molecular weight excluding hydrogens is 150 g/mol. The van der Waals surface area contributed by atoms with Gasteiger partial charge in [0.05, 0.1) is 0 Å². The number of rotatable bonds is 1. The molecule has 1 rings (SSSR count). The standard InChI is InChI=1S/C10H9NO/c1-4-9-5-7(2)10(6-11-9)8(3)12/h1,5-6,12H,3H2,2H3. The fourth-order valence-corrected chi connectivity index (χ4v) is 0.937. The maximum absolute atomic E-state index is 9.08. The highest BCUT2D eigenvalue weighted by atomic mass is 16.3. The van der Waals surface area contributed by atoms with E-state index in [0.29, 0.717) is 11.3 Å². The fourth-order valence-electron chi connectivity index (χ4n) is 0.937. The van der Waals surface area contributed by atoms with Crippen molar-refractivity contribution in [2.45, 2.75) is 6.92 Å². The van der Waals surface area contributed by atoms with Gasteiger partial charge in [0.15, 0.2) is 0 Å². The summed E-state index contributed by atoms with van der Waals surface area (Å²) in [6.07, 6.45) is 6.67. The Balaban J connectivity index is 3.23. The van der Waals surface area contributed by atoms with E-state index in [1.165, 1.54) is 6.20 Å². The maximum atomic E-state index is 9.08. The van der Waals surface area contributed by atoms with Crippen LogP contribution in [-0.4, -0.2) is 10.1 Å². The molecule has 0 saturated heterocycles. The molecule has 1 heterocycles. The van der Waals surface area contributed by atoms with Crippen molar-refractivity contribution < 1.29 is 5.11 Å². The Labute approximate surface area is 71.6 Å². The molecule has 0 aromatic carbocycles. The number of terminal acetylenes is 1. The zero-order valence-electron chi connectivity index (χ0n) is 6.83. The summed E-state index contributed by atoms with van der Waals surface area (Å²) in [6, 6.07) is 1.73. The molecule has 0 unspecified atom stereocenters. The van der Waals surface area contributed by atoms with Crippen LogP contribution in [0.4, 0.5) is 0 Å². The summed E-state index contributed by atoms with van der Waals surface area (Å²) in [5, 5.41) is 9.08. The van der Waals surface area contributed by atoms with Gasteiger partial charge in [-0.15, -0.1) is 6.42 Å². The van der Waals surface area contributed by atoms with Gasteiger partial charge in [0.1, 0.15) is 11.5 Å². The van der Waals surface area contributed by atoms with Crippen LogP contribution in [0.1, 0.15) is 16.8 Å². The SMILES string of the molecule is C#Cc1cc(C)c(C(=C)O)cn1. The minimum atomic E-state index is 0.0172. The van der Waals surface area contributed by atoms with Crippen LogP contribution in [0.15, 0.2) is 18.8 Å². The largest absolute Gasteiger partial charge is 0.508 e. The van der Waals surface area contributed by atoms with Gasteiger partial charge in [0.2, 0.25) is 0 Å². The summed E-state index contributed by atoms with van der Waals surface area (Å²) in [5.41, 5.74) is 2.08. The van der Waals surface area contributed by atoms with Crippen LogP contribution in [0.2, 0.25) is 0 Å². The van der Waals surface area contributed by atoms with Crippen LogP contribution >= 0.6 is 0 Å². The van der Waals surface area contributed by atoms with E-state index in [1.807, 2.05) is 6.92 Å². The molecule has 1 N–H and O–H groups in total. The quantitative estimate of drug-likeness (QED) is 0.501. The molecule has 0 radical (unpaired) electrons. The molecule has 0 bridgehead atoms. The lowest BCUT2D eigenvalue weighted by atomic mass is 10.1. The molecule has 1 aromatic rings. The summed E-state index contributed by atoms with van der Waals surface area (Å²) in [7, 11) is 0. The van der Waals surface area contributed by atoms with Gasteiger partial charge in [-0.25, -0.2) is 4.98 Å². The van der Waals surface area contributed by atoms with Gasteiger partial charge < -0.3 is 5.11 Å². The van der Waals surface area contributed by atoms with Crippen molar-refractivity contribution in [3.8, 4) is 12.3 Å². The molecule has 0 aliphatic heterocycles. The van der Waals surface area contributed by atoms with Crippen molar-refractivity contribution in [1.82, 2.24) is 4.98 Å². The molecule has 0 spiro atoms. The van der Waals surface area contributed by atoms with Gasteiger partial charge in [0.25, 0.3) is 0 Å². The first-order chi connectivity index (χ1) is 5.65. The van der Waals surface area contributed by atoms with Gasteiger partial charge in [-0.05, 0) is 18.6 Å². The number of hydrogen-bond acceptors (Lipinski definition) is 2. The molecule has 0 fully saturated rings. The van der Waals surface area contributed by atoms with Crippen LogP contribution in [-0.2, 0) is 0 Å². The van der Waals surface area contributed by atoms with Crippen molar-refractivity contribution >= 4 is 5.76 Å². The minimum absolute atomic E-state index is 0.0172. The van der Waals surface area contributed by atoms with Crippen LogP contribution in [0, 0.1) is 19.3 Å². The molecule has 0 aliphatic rings. The Morgan fingerprint density at radius 2 is 2.42 bits per heavy atom. The number of aliphatic hydroxyl groups excluding tert-OH is 1. The molecule has 0 amide bonds. The zero-order chi connectivity index (χ0) is 9.14. The normalized spacial score (nSPS) is 9.00. The second-order valence-corrected chi connectivity index (χ2v) is 2.48. The second kappa shape index (κ2) is 3.10. The second-order valence-electron chi connectivity index (χ2n) is 2.48. The molecule has 60 valence electrons. The third kappa shape index (κ3) is 1.46. The molecule has 0 saturated carbocycles. The number of pyridine rings is 1. The first-order valence-corrected chi connectivity index (χ1v) is 3.46. The van der Waals surface area contributed by atoms with Crippen LogP contribution in [0.3, 0.4) is 0 Å². The van der Waals surface area contributed by atoms with Gasteiger partial charge in [-0.2, -0.15) is 0 Å². The Bertz CT molecular complexity index is 361. The molecule has 2 nitrogen and oxygen atoms in total. The number of aromatic nitrogens is 1. The highest BCUT2D eigenvalue weighted by Crippen LogP contribution is 2.13. The van der Waals surface area contributed by atoms with Gasteiger partial charge >= 0.3 is 0 Å². The van der Waals surface area contributed by atoms with E-state index >= 15 is 0 Å². The van der Waals surface area contributed by atoms with Crippen LogP contribution < -0.4 is 0 Å². The maximum Gasteiger partial charge on any atom is 0.117 e. The summed E-state index contributed by atoms with van der Waals surface area (Å²) in [6.45, 7) is 5.25. The van der Waals surface area contributed by atoms with E-state index in [1.54, 1.807) is 6.07 Å². The highest BCUT2D eigenvalue weighted by molar-refractivity contribution is 5.59. The molecule has 12 heavy (non-hydrogen) atoms. The summed E-state index contributed by atoms with van der Waals surface area (Å²) >= 11 is 0. The van der Waals surface area contributed by atoms with Crippen molar-refractivity contribution in [3.63, 3.8) is 0 Å². The predicted molar refractivity (Wildman–Crippen MR) is 48.6 cm³/mol. The summed E-state index contributed by atoms with van der Waals surface area (Å²) in [4.78, 5) is 3.92. The Morgan fingerprint density at radius 3 is 2.83 bits per heavy atom. The third-order valence-electron chi connectivity index (χ3n) is 1.57.